The van der Waals surface area contributed by atoms with Crippen molar-refractivity contribution in [1.82, 2.24) is 0 Å². The van der Waals surface area contributed by atoms with Crippen LogP contribution in [0.3, 0.4) is 0 Å². The van der Waals surface area contributed by atoms with Crippen LogP contribution in [0.5, 0.6) is 0 Å². The van der Waals surface area contributed by atoms with Gasteiger partial charge in [0, 0.05) is 11.9 Å². The molecule has 0 aromatic rings. The Morgan fingerprint density at radius 2 is 1.57 bits per heavy atom. The van der Waals surface area contributed by atoms with Crippen LogP contribution in [0, 0.1) is 5.92 Å². The van der Waals surface area contributed by atoms with E-state index >= 15 is 0 Å². The second-order valence-corrected chi connectivity index (χ2v) is 4.50. The van der Waals surface area contributed by atoms with Crippen LogP contribution in [0.25, 0.3) is 0 Å². The quantitative estimate of drug-likeness (QED) is 0.610. The van der Waals surface area contributed by atoms with Gasteiger partial charge < -0.3 is 19.5 Å². The molecular formula is C9H19NO4. The van der Waals surface area contributed by atoms with Gasteiger partial charge in [0.1, 0.15) is 0 Å². The normalized spacial score (nSPS) is 12.4. The lowest BCUT2D eigenvalue weighted by molar-refractivity contribution is -0.849. The number of nitrogens with zero attached hydrogens (tertiary/aromatic N) is 1. The number of carboxylic acid groups (broad SMARTS) is 2. The van der Waals surface area contributed by atoms with Gasteiger partial charge in [0.15, 0.2) is 0 Å². The molecule has 0 aliphatic carbocycles. The Balaban J connectivity index is 0. The van der Waals surface area contributed by atoms with Crippen molar-refractivity contribution >= 4 is 11.9 Å². The largest absolute Gasteiger partial charge is 0.550 e. The Morgan fingerprint density at radius 3 is 1.64 bits per heavy atom. The smallest absolute Gasteiger partial charge is 0.303 e. The molecule has 0 fully saturated rings. The van der Waals surface area contributed by atoms with Crippen molar-refractivity contribution < 1.29 is 24.3 Å². The molecule has 0 heterocycles. The molecule has 0 aromatic carbocycles. The molecule has 1 atom stereocenters. The second kappa shape index (κ2) is 6.37. The van der Waals surface area contributed by atoms with E-state index in [9.17, 15) is 14.7 Å². The highest BCUT2D eigenvalue weighted by molar-refractivity contribution is 5.76. The standard InChI is InChI=1S/C5H8O4.C4H12N/c1-3(5(8)9)2-4(6)7;1-5(2,3)4/h3H,2H2,1H3,(H,6,7)(H,8,9);1-4H3/q;+1/p-1. The maximum atomic E-state index is 9.86. The lowest BCUT2D eigenvalue weighted by Gasteiger charge is -2.14. The maximum absolute atomic E-state index is 9.86. The third kappa shape index (κ3) is 22.4. The zero-order valence-electron chi connectivity index (χ0n) is 9.40. The summed E-state index contributed by atoms with van der Waals surface area (Å²) in [6.07, 6.45) is -0.373. The Morgan fingerprint density at radius 1 is 1.29 bits per heavy atom. The summed E-state index contributed by atoms with van der Waals surface area (Å²) in [7, 11) is 8.50. The van der Waals surface area contributed by atoms with E-state index in [-0.39, 0.29) is 6.42 Å². The van der Waals surface area contributed by atoms with Gasteiger partial charge in [-0.3, -0.25) is 4.79 Å². The van der Waals surface area contributed by atoms with E-state index in [2.05, 4.69) is 28.2 Å². The van der Waals surface area contributed by atoms with E-state index in [4.69, 9.17) is 5.11 Å². The monoisotopic (exact) mass is 205 g/mol. The van der Waals surface area contributed by atoms with Crippen LogP contribution in [-0.2, 0) is 9.59 Å². The highest BCUT2D eigenvalue weighted by Gasteiger charge is 2.06. The highest BCUT2D eigenvalue weighted by atomic mass is 16.4. The minimum atomic E-state index is -1.32. The number of quaternary nitrogens is 1. The number of carbonyl (C=O) groups is 2. The summed E-state index contributed by atoms with van der Waals surface area (Å²) in [6, 6.07) is 0. The minimum Gasteiger partial charge on any atom is -0.550 e. The van der Waals surface area contributed by atoms with Gasteiger partial charge in [-0.25, -0.2) is 0 Å². The lowest BCUT2D eigenvalue weighted by Crippen LogP contribution is -2.30. The Labute approximate surface area is 84.5 Å². The van der Waals surface area contributed by atoms with Crippen LogP contribution in [-0.4, -0.2) is 49.7 Å². The van der Waals surface area contributed by atoms with E-state index in [0.29, 0.717) is 0 Å². The molecule has 14 heavy (non-hydrogen) atoms. The summed E-state index contributed by atoms with van der Waals surface area (Å²) in [5.74, 6) is -3.34. The van der Waals surface area contributed by atoms with Crippen LogP contribution in [0.1, 0.15) is 13.3 Å². The van der Waals surface area contributed by atoms with Gasteiger partial charge in [-0.2, -0.15) is 0 Å². The fourth-order valence-corrected chi connectivity index (χ4v) is 0.345. The molecule has 0 aliphatic rings. The van der Waals surface area contributed by atoms with Crippen molar-refractivity contribution in [3.05, 3.63) is 0 Å². The number of carbonyl (C=O) groups excluding carboxylic acids is 1. The number of hydrogen-bond acceptors (Lipinski definition) is 3. The first kappa shape index (κ1) is 15.4. The van der Waals surface area contributed by atoms with Crippen LogP contribution in [0.15, 0.2) is 0 Å². The second-order valence-electron chi connectivity index (χ2n) is 4.50. The SMILES string of the molecule is CC(CC(=O)O)C(=O)[O-].C[N+](C)(C)C. The summed E-state index contributed by atoms with van der Waals surface area (Å²) < 4.78 is 1.00. The molecule has 0 saturated carbocycles. The van der Waals surface area contributed by atoms with Crippen LogP contribution in [0.2, 0.25) is 0 Å². The minimum absolute atomic E-state index is 0.373. The number of carboxylic acids is 2. The first-order valence-corrected chi connectivity index (χ1v) is 4.25. The molecule has 0 spiro atoms. The molecule has 0 aromatic heterocycles. The average Bonchev–Trinajstić information content (AvgIpc) is 1.80. The molecule has 0 radical (unpaired) electrons. The van der Waals surface area contributed by atoms with Gasteiger partial charge in [0.25, 0.3) is 0 Å². The summed E-state index contributed by atoms with van der Waals surface area (Å²) >= 11 is 0. The molecule has 5 nitrogen and oxygen atoms in total. The third-order valence-corrected chi connectivity index (χ3v) is 0.883. The van der Waals surface area contributed by atoms with Crippen molar-refractivity contribution in [1.29, 1.82) is 0 Å². The molecule has 1 N–H and O–H groups in total. The first-order chi connectivity index (χ1) is 6.04. The number of rotatable bonds is 3. The molecule has 0 saturated heterocycles. The van der Waals surface area contributed by atoms with Gasteiger partial charge in [-0.1, -0.05) is 6.92 Å². The van der Waals surface area contributed by atoms with Crippen molar-refractivity contribution in [3.8, 4) is 0 Å². The topological polar surface area (TPSA) is 77.4 Å². The summed E-state index contributed by atoms with van der Waals surface area (Å²) in [5, 5.41) is 17.9. The Kier molecular flexibility index (Phi) is 6.99. The molecule has 84 valence electrons. The molecule has 1 unspecified atom stereocenters. The van der Waals surface area contributed by atoms with E-state index in [0.717, 1.165) is 4.48 Å². The number of hydrogen-bond donors (Lipinski definition) is 1. The maximum Gasteiger partial charge on any atom is 0.303 e. The molecule has 0 amide bonds. The highest BCUT2D eigenvalue weighted by Crippen LogP contribution is 1.98. The average molecular weight is 205 g/mol. The van der Waals surface area contributed by atoms with E-state index in [1.54, 1.807) is 0 Å². The van der Waals surface area contributed by atoms with E-state index in [1.807, 2.05) is 0 Å². The molecular weight excluding hydrogens is 186 g/mol. The van der Waals surface area contributed by atoms with E-state index in [1.165, 1.54) is 6.92 Å². The van der Waals surface area contributed by atoms with Crippen molar-refractivity contribution in [2.24, 2.45) is 5.92 Å². The van der Waals surface area contributed by atoms with Gasteiger partial charge in [-0.05, 0) is 0 Å². The summed E-state index contributed by atoms with van der Waals surface area (Å²) in [4.78, 5) is 19.7. The summed E-state index contributed by atoms with van der Waals surface area (Å²) in [5.41, 5.74) is 0. The fraction of sp³-hybridized carbons (Fsp3) is 0.778. The lowest BCUT2D eigenvalue weighted by atomic mass is 10.1. The molecule has 0 rings (SSSR count). The van der Waals surface area contributed by atoms with E-state index < -0.39 is 17.9 Å². The molecule has 0 bridgehead atoms. The Hall–Kier alpha value is -1.10. The van der Waals surface area contributed by atoms with Crippen molar-refractivity contribution in [3.63, 3.8) is 0 Å². The molecule has 5 heteroatoms. The van der Waals surface area contributed by atoms with Gasteiger partial charge >= 0.3 is 5.97 Å². The van der Waals surface area contributed by atoms with Crippen LogP contribution >= 0.6 is 0 Å². The van der Waals surface area contributed by atoms with Crippen molar-refractivity contribution in [2.45, 2.75) is 13.3 Å². The van der Waals surface area contributed by atoms with Gasteiger partial charge in [0.2, 0.25) is 0 Å². The predicted molar refractivity (Wildman–Crippen MR) is 50.4 cm³/mol. The number of aliphatic carboxylic acids is 2. The third-order valence-electron chi connectivity index (χ3n) is 0.883. The predicted octanol–water partition coefficient (Wildman–Crippen LogP) is -0.830. The van der Waals surface area contributed by atoms with Crippen LogP contribution in [0.4, 0.5) is 0 Å². The van der Waals surface area contributed by atoms with Crippen molar-refractivity contribution in [2.75, 3.05) is 28.2 Å². The molecule has 0 aliphatic heterocycles. The van der Waals surface area contributed by atoms with Gasteiger partial charge in [-0.15, -0.1) is 0 Å². The Bertz CT molecular complexity index is 189. The zero-order chi connectivity index (χ0) is 11.9. The first-order valence-electron chi connectivity index (χ1n) is 4.25. The van der Waals surface area contributed by atoms with Crippen LogP contribution < -0.4 is 5.11 Å². The summed E-state index contributed by atoms with van der Waals surface area (Å²) in [6.45, 7) is 1.30. The fourth-order valence-electron chi connectivity index (χ4n) is 0.345. The zero-order valence-corrected chi connectivity index (χ0v) is 9.40. The van der Waals surface area contributed by atoms with Gasteiger partial charge in [0.05, 0.1) is 34.6 Å².